The molecule has 4 N–H and O–H groups in total. The van der Waals surface area contributed by atoms with Gasteiger partial charge in [-0.15, -0.1) is 0 Å². The van der Waals surface area contributed by atoms with Gasteiger partial charge in [-0.05, 0) is 196 Å². The number of carboxylic acids is 1. The van der Waals surface area contributed by atoms with Crippen LogP contribution in [0.15, 0.2) is 151 Å². The number of carboxylic acid groups (broad SMARTS) is 1. The number of imidazole rings is 4. The first-order chi connectivity index (χ1) is 45.2. The van der Waals surface area contributed by atoms with Crippen molar-refractivity contribution in [2.24, 2.45) is 10.9 Å². The summed E-state index contributed by atoms with van der Waals surface area (Å²) in [4.78, 5) is 65.1. The Kier molecular flexibility index (Phi) is 31.4. The summed E-state index contributed by atoms with van der Waals surface area (Å²) in [5.41, 5.74) is 7.74. The number of anilines is 2. The SMILES string of the molecule is CC(C)CC(=O)c1ccc(Cl)cc1.CC(C)N=C(Cl)c1ccc(Cl)cc1.CC(C)n1c(N)cnc1-c1ccc(Cl)cc1.Cc1nc(C(F)(F)F)cn1C(C)C(=O)Nc1cnc(-c2ccc(Cl)cc2)n1C(C)C.Cc1nc(C(F)(F)F)cn1C(C)C(=O)O.O=C(Cl)c1ccc(Cl)cc1. The number of alkyl halides is 6. The van der Waals surface area contributed by atoms with E-state index in [2.05, 4.69) is 44.1 Å². The van der Waals surface area contributed by atoms with Gasteiger partial charge in [-0.1, -0.05) is 95.6 Å². The van der Waals surface area contributed by atoms with E-state index in [4.69, 9.17) is 92.0 Å². The molecule has 0 aliphatic heterocycles. The Morgan fingerprint density at radius 3 is 1.25 bits per heavy atom. The molecule has 4 heterocycles. The molecule has 0 fully saturated rings. The number of carbonyl (C=O) groups is 4. The second-order valence-corrected chi connectivity index (χ2v) is 25.5. The lowest BCUT2D eigenvalue weighted by molar-refractivity contribution is -0.142. The number of amides is 1. The molecule has 520 valence electrons. The third-order valence-corrected chi connectivity index (χ3v) is 15.2. The van der Waals surface area contributed by atoms with Crippen LogP contribution < -0.4 is 11.1 Å². The molecule has 0 saturated carbocycles. The van der Waals surface area contributed by atoms with Crippen LogP contribution in [0.3, 0.4) is 0 Å². The number of aliphatic carboxylic acids is 1. The molecule has 0 aliphatic carbocycles. The largest absolute Gasteiger partial charge is 0.480 e. The van der Waals surface area contributed by atoms with Crippen LogP contribution in [0.5, 0.6) is 0 Å². The maximum Gasteiger partial charge on any atom is 0.434 e. The summed E-state index contributed by atoms with van der Waals surface area (Å²) in [5, 5.41) is 14.8. The highest BCUT2D eigenvalue weighted by Gasteiger charge is 2.36. The van der Waals surface area contributed by atoms with Gasteiger partial charge in [0, 0.05) is 89.9 Å². The van der Waals surface area contributed by atoms with E-state index in [9.17, 15) is 45.5 Å². The van der Waals surface area contributed by atoms with E-state index >= 15 is 0 Å². The highest BCUT2D eigenvalue weighted by atomic mass is 35.5. The van der Waals surface area contributed by atoms with Crippen LogP contribution in [0.25, 0.3) is 22.8 Å². The average Bonchev–Trinajstić information content (AvgIpc) is 1.68. The summed E-state index contributed by atoms with van der Waals surface area (Å²) < 4.78 is 81.5. The normalized spacial score (nSPS) is 12.0. The minimum atomic E-state index is -4.57. The summed E-state index contributed by atoms with van der Waals surface area (Å²) in [6.07, 6.45) is -3.77. The number of halogens is 13. The third-order valence-electron chi connectivity index (χ3n) is 13.4. The minimum absolute atomic E-state index is 0.0252. The van der Waals surface area contributed by atoms with Crippen LogP contribution in [-0.2, 0) is 21.9 Å². The molecule has 1 amide bonds. The van der Waals surface area contributed by atoms with E-state index in [1.54, 1.807) is 79.0 Å². The molecule has 0 bridgehead atoms. The fraction of sp³-hybridized carbons (Fsp3) is 0.309. The van der Waals surface area contributed by atoms with Crippen molar-refractivity contribution in [3.8, 4) is 22.8 Å². The minimum Gasteiger partial charge on any atom is -0.480 e. The maximum atomic E-state index is 12.9. The molecule has 0 aliphatic rings. The number of Topliss-reactive ketones (excluding diaryl/α,β-unsaturated/α-hetero) is 1. The number of ketones is 1. The van der Waals surface area contributed by atoms with E-state index in [1.165, 1.54) is 38.5 Å². The molecular formula is C68H72Cl7F6N11O5. The number of rotatable bonds is 15. The number of aliphatic imine (C=N–C) groups is 1. The van der Waals surface area contributed by atoms with Crippen molar-refractivity contribution in [2.75, 3.05) is 11.1 Å². The van der Waals surface area contributed by atoms with E-state index in [0.29, 0.717) is 66.8 Å². The molecule has 2 atom stereocenters. The zero-order valence-electron chi connectivity index (χ0n) is 54.6. The molecule has 9 aromatic rings. The summed E-state index contributed by atoms with van der Waals surface area (Å²) in [7, 11) is 0. The number of aromatic nitrogens is 8. The zero-order chi connectivity index (χ0) is 73.0. The molecule has 9 rings (SSSR count). The predicted octanol–water partition coefficient (Wildman–Crippen LogP) is 20.8. The lowest BCUT2D eigenvalue weighted by Gasteiger charge is -2.19. The monoisotopic (exact) mass is 1480 g/mol. The quantitative estimate of drug-likeness (QED) is 0.0382. The molecule has 0 spiro atoms. The van der Waals surface area contributed by atoms with Gasteiger partial charge in [-0.25, -0.2) is 24.7 Å². The third kappa shape index (κ3) is 25.6. The first kappa shape index (κ1) is 81.7. The van der Waals surface area contributed by atoms with Crippen molar-refractivity contribution in [1.29, 1.82) is 0 Å². The Labute approximate surface area is 593 Å². The van der Waals surface area contributed by atoms with Gasteiger partial charge in [0.15, 0.2) is 17.2 Å². The Morgan fingerprint density at radius 2 is 0.897 bits per heavy atom. The first-order valence-electron chi connectivity index (χ1n) is 29.6. The molecule has 0 radical (unpaired) electrons. The van der Waals surface area contributed by atoms with E-state index in [0.717, 1.165) is 43.9 Å². The topological polar surface area (TPSA) is 210 Å². The fourth-order valence-electron chi connectivity index (χ4n) is 8.62. The molecule has 16 nitrogen and oxygen atoms in total. The zero-order valence-corrected chi connectivity index (χ0v) is 59.9. The van der Waals surface area contributed by atoms with Crippen molar-refractivity contribution in [3.63, 3.8) is 0 Å². The maximum absolute atomic E-state index is 12.9. The Bertz CT molecular complexity index is 4060. The lowest BCUT2D eigenvalue weighted by Crippen LogP contribution is -2.25. The van der Waals surface area contributed by atoms with Crippen LogP contribution in [0.2, 0.25) is 25.1 Å². The Morgan fingerprint density at radius 1 is 0.536 bits per heavy atom. The van der Waals surface area contributed by atoms with E-state index in [-0.39, 0.29) is 35.6 Å². The Hall–Kier alpha value is -7.70. The van der Waals surface area contributed by atoms with E-state index in [1.807, 2.05) is 99.2 Å². The number of carbonyl (C=O) groups excluding carboxylic acids is 3. The molecule has 97 heavy (non-hydrogen) atoms. The van der Waals surface area contributed by atoms with Gasteiger partial charge < -0.3 is 34.4 Å². The second kappa shape index (κ2) is 37.3. The molecule has 2 unspecified atom stereocenters. The van der Waals surface area contributed by atoms with Gasteiger partial charge in [-0.2, -0.15) is 26.3 Å². The summed E-state index contributed by atoms with van der Waals surface area (Å²) in [6, 6.07) is 34.0. The highest BCUT2D eigenvalue weighted by Crippen LogP contribution is 2.33. The number of aryl methyl sites for hydroxylation is 2. The van der Waals surface area contributed by atoms with Gasteiger partial charge in [0.25, 0.3) is 5.24 Å². The molecule has 5 aromatic carbocycles. The smallest absolute Gasteiger partial charge is 0.434 e. The van der Waals surface area contributed by atoms with Crippen molar-refractivity contribution >= 4 is 121 Å². The summed E-state index contributed by atoms with van der Waals surface area (Å²) >= 11 is 39.9. The Balaban J connectivity index is 0.000000259. The van der Waals surface area contributed by atoms with Crippen LogP contribution >= 0.6 is 81.2 Å². The molecule has 29 heteroatoms. The summed E-state index contributed by atoms with van der Waals surface area (Å²) in [6.45, 7) is 21.6. The van der Waals surface area contributed by atoms with Gasteiger partial charge in [0.05, 0.1) is 12.4 Å². The summed E-state index contributed by atoms with van der Waals surface area (Å²) in [5.74, 6) is 1.68. The van der Waals surface area contributed by atoms with Gasteiger partial charge >= 0.3 is 18.3 Å². The van der Waals surface area contributed by atoms with Gasteiger partial charge in [-0.3, -0.25) is 19.4 Å². The fourth-order valence-corrected chi connectivity index (χ4v) is 9.69. The molecular weight excluding hydrogens is 1410 g/mol. The number of nitrogens with two attached hydrogens (primary N) is 1. The van der Waals surface area contributed by atoms with E-state index < -0.39 is 52.9 Å². The van der Waals surface area contributed by atoms with Crippen molar-refractivity contribution < 1.29 is 50.6 Å². The lowest BCUT2D eigenvalue weighted by atomic mass is 10.0. The number of hydrogen-bond acceptors (Lipinski definition) is 10. The van der Waals surface area contributed by atoms with Crippen molar-refractivity contribution in [1.82, 2.24) is 38.2 Å². The van der Waals surface area contributed by atoms with Gasteiger partial charge in [0.2, 0.25) is 5.91 Å². The van der Waals surface area contributed by atoms with Crippen molar-refractivity contribution in [2.45, 2.75) is 132 Å². The van der Waals surface area contributed by atoms with Crippen LogP contribution in [0, 0.1) is 19.8 Å². The molecule has 4 aromatic heterocycles. The predicted molar refractivity (Wildman–Crippen MR) is 376 cm³/mol. The number of nitrogens with zero attached hydrogens (tertiary/aromatic N) is 9. The number of nitrogens with one attached hydrogen (secondary N) is 1. The van der Waals surface area contributed by atoms with Gasteiger partial charge in [0.1, 0.15) is 52.2 Å². The second-order valence-electron chi connectivity index (χ2n) is 22.6. The number of nitrogen functional groups attached to an aromatic ring is 1. The first-order valence-corrected chi connectivity index (χ1v) is 32.3. The number of benzene rings is 5. The molecule has 0 saturated heterocycles. The van der Waals surface area contributed by atoms with Crippen molar-refractivity contribution in [3.05, 3.63) is 211 Å². The van der Waals surface area contributed by atoms with Crippen LogP contribution in [0.4, 0.5) is 38.0 Å². The standard InChI is InChI=1S/C20H21ClF3N5O.C12H14ClN3.C11H13ClO.C10H11Cl2N.C8H9F3N2O2.C7H4Cl2O/c1-11(2)29-17(9-25-18(29)14-5-7-15(21)8-6-14)27-19(30)12(3)28-10-16(20(22,23)24)26-13(28)4;1-8(2)16-11(14)7-15-12(16)9-3-5-10(13)6-4-9;1-8(2)7-11(13)9-3-5-10(12)6-4-9;1-7(2)13-10(12)8-3-5-9(11)6-4-8;1-4(7(14)15)13-3-6(8(9,10)11)12-5(13)2;8-6-3-1-5(2-4-6)7(9)10/h5-12H,1-4H3,(H,27,30);3-8H,14H2,1-2H3;3-6,8H,7H2,1-2H3;3-7H,1-2H3;3-4H,1-2H3,(H,14,15);1-4H. The average molecular weight is 1490 g/mol. The van der Waals surface area contributed by atoms with Crippen LogP contribution in [-0.4, -0.2) is 77.4 Å². The highest BCUT2D eigenvalue weighted by molar-refractivity contribution is 6.69. The number of hydrogen-bond donors (Lipinski definition) is 3. The van der Waals surface area contributed by atoms with Crippen LogP contribution in [0.1, 0.15) is 149 Å².